The molecular formula is C17H24F2N2O4. The summed E-state index contributed by atoms with van der Waals surface area (Å²) < 4.78 is 40.2. The second-order valence-electron chi connectivity index (χ2n) is 6.31. The largest absolute Gasteiger partial charge is 0.493 e. The molecule has 0 aliphatic carbocycles. The van der Waals surface area contributed by atoms with E-state index in [2.05, 4.69) is 15.0 Å². The summed E-state index contributed by atoms with van der Waals surface area (Å²) >= 11 is 0. The van der Waals surface area contributed by atoms with Crippen LogP contribution in [0.5, 0.6) is 11.5 Å². The first kappa shape index (κ1) is 19.4. The molecule has 1 fully saturated rings. The molecule has 1 aromatic rings. The van der Waals surface area contributed by atoms with E-state index in [0.29, 0.717) is 19.8 Å². The van der Waals surface area contributed by atoms with E-state index in [1.165, 1.54) is 19.2 Å². The lowest BCUT2D eigenvalue weighted by molar-refractivity contribution is -0.0515. The predicted octanol–water partition coefficient (Wildman–Crippen LogP) is 2.14. The molecule has 1 aromatic carbocycles. The number of para-hydroxylation sites is 1. The van der Waals surface area contributed by atoms with Gasteiger partial charge in [-0.15, -0.1) is 0 Å². The molecule has 2 rings (SSSR count). The number of nitrogens with zero attached hydrogens (tertiary/aromatic N) is 1. The summed E-state index contributed by atoms with van der Waals surface area (Å²) in [5.41, 5.74) is -0.278. The van der Waals surface area contributed by atoms with Gasteiger partial charge in [-0.2, -0.15) is 8.78 Å². The second-order valence-corrected chi connectivity index (χ2v) is 6.31. The molecule has 140 valence electrons. The molecule has 0 spiro atoms. The third-order valence-electron chi connectivity index (χ3n) is 4.20. The topological polar surface area (TPSA) is 60.0 Å². The number of hydrogen-bond donors (Lipinski definition) is 1. The van der Waals surface area contributed by atoms with E-state index in [0.717, 1.165) is 13.1 Å². The lowest BCUT2D eigenvalue weighted by Gasteiger charge is -2.40. The van der Waals surface area contributed by atoms with E-state index in [1.54, 1.807) is 6.07 Å². The molecule has 1 saturated heterocycles. The van der Waals surface area contributed by atoms with E-state index in [1.807, 2.05) is 13.8 Å². The standard InChI is InChI=1S/C17H24F2N2O4/c1-17(2,21-7-9-24-10-8-21)11-20-15(22)12-5-4-6-13(23-3)14(12)25-16(18)19/h4-6,16H,7-11H2,1-3H3,(H,20,22). The predicted molar refractivity (Wildman–Crippen MR) is 88.4 cm³/mol. The van der Waals surface area contributed by atoms with E-state index in [4.69, 9.17) is 9.47 Å². The van der Waals surface area contributed by atoms with Crippen molar-refractivity contribution in [2.24, 2.45) is 0 Å². The molecule has 0 saturated carbocycles. The highest BCUT2D eigenvalue weighted by Crippen LogP contribution is 2.32. The highest BCUT2D eigenvalue weighted by Gasteiger charge is 2.29. The smallest absolute Gasteiger partial charge is 0.387 e. The fraction of sp³-hybridized carbons (Fsp3) is 0.588. The van der Waals surface area contributed by atoms with Crippen LogP contribution in [0.3, 0.4) is 0 Å². The SMILES string of the molecule is COc1cccc(C(=O)NCC(C)(C)N2CCOCC2)c1OC(F)F. The molecule has 1 N–H and O–H groups in total. The second kappa shape index (κ2) is 8.44. The Bertz CT molecular complexity index is 590. The van der Waals surface area contributed by atoms with Crippen molar-refractivity contribution in [3.05, 3.63) is 23.8 Å². The van der Waals surface area contributed by atoms with Gasteiger partial charge in [0.1, 0.15) is 0 Å². The van der Waals surface area contributed by atoms with Crippen LogP contribution in [0.4, 0.5) is 8.78 Å². The Balaban J connectivity index is 2.09. The van der Waals surface area contributed by atoms with E-state index >= 15 is 0 Å². The third kappa shape index (κ3) is 5.02. The van der Waals surface area contributed by atoms with Crippen LogP contribution in [-0.4, -0.2) is 62.9 Å². The minimum atomic E-state index is -3.05. The fourth-order valence-corrected chi connectivity index (χ4v) is 2.74. The van der Waals surface area contributed by atoms with Crippen LogP contribution in [-0.2, 0) is 4.74 Å². The molecule has 0 aromatic heterocycles. The molecule has 6 nitrogen and oxygen atoms in total. The molecule has 1 aliphatic rings. The number of alkyl halides is 2. The summed E-state index contributed by atoms with van der Waals surface area (Å²) in [6.45, 7) is 4.20. The first-order valence-electron chi connectivity index (χ1n) is 8.08. The van der Waals surface area contributed by atoms with Crippen molar-refractivity contribution in [1.29, 1.82) is 0 Å². The van der Waals surface area contributed by atoms with Gasteiger partial charge in [0, 0.05) is 25.2 Å². The number of halogens is 2. The molecule has 0 unspecified atom stereocenters. The molecule has 0 radical (unpaired) electrons. The number of hydrogen-bond acceptors (Lipinski definition) is 5. The Hall–Kier alpha value is -1.93. The number of rotatable bonds is 7. The Morgan fingerprint density at radius 3 is 2.64 bits per heavy atom. The molecule has 8 heteroatoms. The molecule has 1 amide bonds. The summed E-state index contributed by atoms with van der Waals surface area (Å²) in [5.74, 6) is -0.669. The number of morpholine rings is 1. The maximum absolute atomic E-state index is 12.7. The van der Waals surface area contributed by atoms with Gasteiger partial charge in [-0.25, -0.2) is 0 Å². The van der Waals surface area contributed by atoms with Gasteiger partial charge in [-0.1, -0.05) is 6.07 Å². The van der Waals surface area contributed by atoms with Gasteiger partial charge < -0.3 is 19.5 Å². The van der Waals surface area contributed by atoms with Crippen LogP contribution in [0.2, 0.25) is 0 Å². The molecule has 0 atom stereocenters. The summed E-state index contributed by atoms with van der Waals surface area (Å²) in [4.78, 5) is 14.7. The summed E-state index contributed by atoms with van der Waals surface area (Å²) in [6.07, 6.45) is 0. The van der Waals surface area contributed by atoms with Crippen molar-refractivity contribution in [3.63, 3.8) is 0 Å². The van der Waals surface area contributed by atoms with Gasteiger partial charge >= 0.3 is 6.61 Å². The first-order valence-corrected chi connectivity index (χ1v) is 8.08. The van der Waals surface area contributed by atoms with Crippen molar-refractivity contribution in [2.45, 2.75) is 26.0 Å². The number of benzene rings is 1. The number of ether oxygens (including phenoxy) is 3. The van der Waals surface area contributed by atoms with Gasteiger partial charge in [0.2, 0.25) is 0 Å². The number of amides is 1. The lowest BCUT2D eigenvalue weighted by atomic mass is 10.0. The maximum atomic E-state index is 12.7. The number of carbonyl (C=O) groups is 1. The van der Waals surface area contributed by atoms with Gasteiger partial charge in [0.25, 0.3) is 5.91 Å². The average Bonchev–Trinajstić information content (AvgIpc) is 2.60. The Labute approximate surface area is 146 Å². The van der Waals surface area contributed by atoms with Gasteiger partial charge in [-0.3, -0.25) is 9.69 Å². The van der Waals surface area contributed by atoms with E-state index < -0.39 is 12.5 Å². The molecule has 1 aliphatic heterocycles. The fourth-order valence-electron chi connectivity index (χ4n) is 2.74. The zero-order valence-electron chi connectivity index (χ0n) is 14.7. The van der Waals surface area contributed by atoms with Crippen LogP contribution in [0, 0.1) is 0 Å². The molecular weight excluding hydrogens is 334 g/mol. The zero-order valence-corrected chi connectivity index (χ0v) is 14.7. The van der Waals surface area contributed by atoms with Gasteiger partial charge in [0.05, 0.1) is 25.9 Å². The molecule has 25 heavy (non-hydrogen) atoms. The molecule has 1 heterocycles. The number of methoxy groups -OCH3 is 1. The van der Waals surface area contributed by atoms with E-state index in [9.17, 15) is 13.6 Å². The van der Waals surface area contributed by atoms with Crippen molar-refractivity contribution in [2.75, 3.05) is 40.0 Å². The molecule has 0 bridgehead atoms. The third-order valence-corrected chi connectivity index (χ3v) is 4.20. The quantitative estimate of drug-likeness (QED) is 0.809. The Morgan fingerprint density at radius 1 is 1.36 bits per heavy atom. The van der Waals surface area contributed by atoms with Crippen LogP contribution in [0.1, 0.15) is 24.2 Å². The first-order chi connectivity index (χ1) is 11.8. The Morgan fingerprint density at radius 2 is 2.04 bits per heavy atom. The van der Waals surface area contributed by atoms with Gasteiger partial charge in [-0.05, 0) is 26.0 Å². The van der Waals surface area contributed by atoms with Crippen molar-refractivity contribution < 1.29 is 27.8 Å². The highest BCUT2D eigenvalue weighted by molar-refractivity contribution is 5.97. The normalized spacial score (nSPS) is 15.9. The monoisotopic (exact) mass is 358 g/mol. The van der Waals surface area contributed by atoms with Crippen molar-refractivity contribution >= 4 is 5.91 Å². The van der Waals surface area contributed by atoms with E-state index in [-0.39, 0.29) is 22.6 Å². The zero-order chi connectivity index (χ0) is 18.4. The van der Waals surface area contributed by atoms with Crippen LogP contribution in [0.15, 0.2) is 18.2 Å². The average molecular weight is 358 g/mol. The lowest BCUT2D eigenvalue weighted by Crippen LogP contribution is -2.55. The van der Waals surface area contributed by atoms with Crippen molar-refractivity contribution in [3.8, 4) is 11.5 Å². The summed E-state index contributed by atoms with van der Waals surface area (Å²) in [5, 5.41) is 2.80. The maximum Gasteiger partial charge on any atom is 0.387 e. The van der Waals surface area contributed by atoms with Crippen LogP contribution < -0.4 is 14.8 Å². The van der Waals surface area contributed by atoms with Crippen molar-refractivity contribution in [1.82, 2.24) is 10.2 Å². The highest BCUT2D eigenvalue weighted by atomic mass is 19.3. The Kier molecular flexibility index (Phi) is 6.55. The minimum Gasteiger partial charge on any atom is -0.493 e. The number of carbonyl (C=O) groups excluding carboxylic acids is 1. The van der Waals surface area contributed by atoms with Gasteiger partial charge in [0.15, 0.2) is 11.5 Å². The minimum absolute atomic E-state index is 0.0115. The van der Waals surface area contributed by atoms with Crippen LogP contribution in [0.25, 0.3) is 0 Å². The summed E-state index contributed by atoms with van der Waals surface area (Å²) in [7, 11) is 1.33. The number of nitrogens with one attached hydrogen (secondary N) is 1. The summed E-state index contributed by atoms with van der Waals surface area (Å²) in [6, 6.07) is 4.45. The van der Waals surface area contributed by atoms with Crippen LogP contribution >= 0.6 is 0 Å².